The summed E-state index contributed by atoms with van der Waals surface area (Å²) >= 11 is 3.12. The number of rotatable bonds is 4. The van der Waals surface area contributed by atoms with Crippen molar-refractivity contribution in [3.63, 3.8) is 0 Å². The predicted molar refractivity (Wildman–Crippen MR) is 69.6 cm³/mol. The standard InChI is InChI=1S/C13H18BrFO2/c1-7(2)8(3)13(16)9-5-10(14)11(15)6-12(9)17-4/h5-8,13,16H,1-4H3. The zero-order valence-electron chi connectivity index (χ0n) is 10.5. The highest BCUT2D eigenvalue weighted by atomic mass is 79.9. The molecular formula is C13H18BrFO2. The molecule has 0 aliphatic carbocycles. The van der Waals surface area contributed by atoms with E-state index in [1.165, 1.54) is 13.2 Å². The Bertz CT molecular complexity index is 393. The van der Waals surface area contributed by atoms with E-state index in [4.69, 9.17) is 4.74 Å². The van der Waals surface area contributed by atoms with Crippen LogP contribution >= 0.6 is 15.9 Å². The molecule has 1 N–H and O–H groups in total. The lowest BCUT2D eigenvalue weighted by Gasteiger charge is -2.24. The van der Waals surface area contributed by atoms with Crippen LogP contribution in [-0.2, 0) is 0 Å². The largest absolute Gasteiger partial charge is 0.496 e. The molecule has 96 valence electrons. The number of hydrogen-bond acceptors (Lipinski definition) is 2. The van der Waals surface area contributed by atoms with Crippen LogP contribution in [0.5, 0.6) is 5.75 Å². The quantitative estimate of drug-likeness (QED) is 0.913. The summed E-state index contributed by atoms with van der Waals surface area (Å²) in [6.07, 6.45) is -0.665. The Hall–Kier alpha value is -0.610. The Balaban J connectivity index is 3.16. The van der Waals surface area contributed by atoms with Crippen LogP contribution in [0.4, 0.5) is 4.39 Å². The van der Waals surface area contributed by atoms with Crippen molar-refractivity contribution in [1.29, 1.82) is 0 Å². The lowest BCUT2D eigenvalue weighted by Crippen LogP contribution is -2.16. The van der Waals surface area contributed by atoms with Gasteiger partial charge < -0.3 is 9.84 Å². The van der Waals surface area contributed by atoms with Gasteiger partial charge >= 0.3 is 0 Å². The zero-order chi connectivity index (χ0) is 13.2. The monoisotopic (exact) mass is 304 g/mol. The Morgan fingerprint density at radius 2 is 1.88 bits per heavy atom. The summed E-state index contributed by atoms with van der Waals surface area (Å²) in [4.78, 5) is 0. The van der Waals surface area contributed by atoms with E-state index >= 15 is 0 Å². The second-order valence-electron chi connectivity index (χ2n) is 4.56. The van der Waals surface area contributed by atoms with Crippen molar-refractivity contribution in [2.45, 2.75) is 26.9 Å². The molecule has 0 aliphatic heterocycles. The number of methoxy groups -OCH3 is 1. The van der Waals surface area contributed by atoms with E-state index in [9.17, 15) is 9.50 Å². The molecule has 0 saturated carbocycles. The second kappa shape index (κ2) is 5.83. The van der Waals surface area contributed by atoms with Crippen LogP contribution in [0.25, 0.3) is 0 Å². The molecule has 0 spiro atoms. The lowest BCUT2D eigenvalue weighted by atomic mass is 9.88. The Labute approximate surface area is 110 Å². The topological polar surface area (TPSA) is 29.5 Å². The molecule has 1 rings (SSSR count). The molecule has 0 aromatic heterocycles. The van der Waals surface area contributed by atoms with Crippen molar-refractivity contribution in [1.82, 2.24) is 0 Å². The van der Waals surface area contributed by atoms with Gasteiger partial charge in [-0.15, -0.1) is 0 Å². The summed E-state index contributed by atoms with van der Waals surface area (Å²) in [5.41, 5.74) is 0.613. The van der Waals surface area contributed by atoms with Crippen molar-refractivity contribution >= 4 is 15.9 Å². The van der Waals surface area contributed by atoms with Crippen LogP contribution in [0, 0.1) is 17.7 Å². The first kappa shape index (κ1) is 14.5. The highest BCUT2D eigenvalue weighted by molar-refractivity contribution is 9.10. The van der Waals surface area contributed by atoms with E-state index in [2.05, 4.69) is 15.9 Å². The molecule has 4 heteroatoms. The first-order chi connectivity index (χ1) is 7.88. The summed E-state index contributed by atoms with van der Waals surface area (Å²) in [6.45, 7) is 6.05. The number of aliphatic hydroxyl groups excluding tert-OH is 1. The third-order valence-electron chi connectivity index (χ3n) is 3.14. The maximum absolute atomic E-state index is 13.4. The molecule has 0 bridgehead atoms. The molecule has 0 radical (unpaired) electrons. The average molecular weight is 305 g/mol. The van der Waals surface area contributed by atoms with Gasteiger partial charge in [0, 0.05) is 11.6 Å². The van der Waals surface area contributed by atoms with Gasteiger partial charge in [-0.05, 0) is 33.8 Å². The number of benzene rings is 1. The lowest BCUT2D eigenvalue weighted by molar-refractivity contribution is 0.0894. The molecule has 0 aliphatic rings. The number of halogens is 2. The van der Waals surface area contributed by atoms with Gasteiger partial charge in [0.15, 0.2) is 0 Å². The molecule has 0 fully saturated rings. The fourth-order valence-corrected chi connectivity index (χ4v) is 1.96. The molecule has 1 aromatic rings. The summed E-state index contributed by atoms with van der Waals surface area (Å²) in [5, 5.41) is 10.3. The average Bonchev–Trinajstić information content (AvgIpc) is 2.29. The molecule has 2 unspecified atom stereocenters. The molecule has 1 aromatic carbocycles. The van der Waals surface area contributed by atoms with Gasteiger partial charge in [0.05, 0.1) is 17.7 Å². The minimum atomic E-state index is -0.665. The third-order valence-corrected chi connectivity index (χ3v) is 3.75. The van der Waals surface area contributed by atoms with Crippen LogP contribution in [0.2, 0.25) is 0 Å². The van der Waals surface area contributed by atoms with Crippen molar-refractivity contribution < 1.29 is 14.2 Å². The molecule has 2 atom stereocenters. The van der Waals surface area contributed by atoms with Gasteiger partial charge in [0.2, 0.25) is 0 Å². The third kappa shape index (κ3) is 3.19. The van der Waals surface area contributed by atoms with E-state index in [0.717, 1.165) is 0 Å². The molecule has 0 amide bonds. The van der Waals surface area contributed by atoms with Crippen LogP contribution in [0.15, 0.2) is 16.6 Å². The summed E-state index contributed by atoms with van der Waals surface area (Å²) < 4.78 is 18.8. The van der Waals surface area contributed by atoms with Crippen molar-refractivity contribution in [3.05, 3.63) is 28.0 Å². The molecule has 2 nitrogen and oxygen atoms in total. The van der Waals surface area contributed by atoms with Crippen LogP contribution < -0.4 is 4.74 Å². The highest BCUT2D eigenvalue weighted by Gasteiger charge is 2.23. The SMILES string of the molecule is COc1cc(F)c(Br)cc1C(O)C(C)C(C)C. The zero-order valence-corrected chi connectivity index (χ0v) is 12.1. The summed E-state index contributed by atoms with van der Waals surface area (Å²) in [7, 11) is 1.47. The van der Waals surface area contributed by atoms with Crippen LogP contribution in [0.3, 0.4) is 0 Å². The predicted octanol–water partition coefficient (Wildman–Crippen LogP) is 3.92. The fourth-order valence-electron chi connectivity index (χ4n) is 1.60. The normalized spacial score (nSPS) is 14.8. The first-order valence-electron chi connectivity index (χ1n) is 5.59. The van der Waals surface area contributed by atoms with E-state index in [1.807, 2.05) is 20.8 Å². The second-order valence-corrected chi connectivity index (χ2v) is 5.41. The minimum Gasteiger partial charge on any atom is -0.496 e. The van der Waals surface area contributed by atoms with Crippen molar-refractivity contribution in [2.24, 2.45) is 11.8 Å². The number of hydrogen-bond donors (Lipinski definition) is 1. The highest BCUT2D eigenvalue weighted by Crippen LogP contribution is 2.36. The van der Waals surface area contributed by atoms with E-state index in [1.54, 1.807) is 6.07 Å². The number of ether oxygens (including phenoxy) is 1. The summed E-state index contributed by atoms with van der Waals surface area (Å²) in [5.74, 6) is 0.389. The maximum Gasteiger partial charge on any atom is 0.141 e. The van der Waals surface area contributed by atoms with Gasteiger partial charge in [-0.1, -0.05) is 20.8 Å². The van der Waals surface area contributed by atoms with Gasteiger partial charge in [-0.3, -0.25) is 0 Å². The van der Waals surface area contributed by atoms with Crippen molar-refractivity contribution in [2.75, 3.05) is 7.11 Å². The van der Waals surface area contributed by atoms with E-state index < -0.39 is 11.9 Å². The molecule has 0 heterocycles. The molecule has 0 saturated heterocycles. The van der Waals surface area contributed by atoms with Gasteiger partial charge in [-0.25, -0.2) is 4.39 Å². The van der Waals surface area contributed by atoms with Crippen LogP contribution in [-0.4, -0.2) is 12.2 Å². The van der Waals surface area contributed by atoms with E-state index in [0.29, 0.717) is 21.7 Å². The van der Waals surface area contributed by atoms with Gasteiger partial charge in [0.25, 0.3) is 0 Å². The Morgan fingerprint density at radius 3 is 2.35 bits per heavy atom. The number of aliphatic hydroxyl groups is 1. The van der Waals surface area contributed by atoms with Crippen molar-refractivity contribution in [3.8, 4) is 5.75 Å². The minimum absolute atomic E-state index is 0.0706. The Morgan fingerprint density at radius 1 is 1.29 bits per heavy atom. The van der Waals surface area contributed by atoms with E-state index in [-0.39, 0.29) is 5.92 Å². The maximum atomic E-state index is 13.4. The smallest absolute Gasteiger partial charge is 0.141 e. The summed E-state index contributed by atoms with van der Waals surface area (Å²) in [6, 6.07) is 2.87. The fraction of sp³-hybridized carbons (Fsp3) is 0.538. The molecule has 17 heavy (non-hydrogen) atoms. The van der Waals surface area contributed by atoms with Crippen LogP contribution in [0.1, 0.15) is 32.4 Å². The first-order valence-corrected chi connectivity index (χ1v) is 6.38. The van der Waals surface area contributed by atoms with Gasteiger partial charge in [0.1, 0.15) is 11.6 Å². The Kier molecular flexibility index (Phi) is 4.95. The van der Waals surface area contributed by atoms with Gasteiger partial charge in [-0.2, -0.15) is 0 Å². The molecular weight excluding hydrogens is 287 g/mol.